The van der Waals surface area contributed by atoms with E-state index in [-0.39, 0.29) is 31.1 Å². The molecule has 0 aliphatic rings. The van der Waals surface area contributed by atoms with Crippen molar-refractivity contribution < 1.29 is 19.8 Å². The number of amides is 2. The van der Waals surface area contributed by atoms with Gasteiger partial charge < -0.3 is 20.8 Å². The van der Waals surface area contributed by atoms with Gasteiger partial charge in [-0.25, -0.2) is 4.79 Å². The lowest BCUT2D eigenvalue weighted by Gasteiger charge is -2.20. The molecular formula is C17H25BrN2O4. The fourth-order valence-corrected chi connectivity index (χ4v) is 2.44. The summed E-state index contributed by atoms with van der Waals surface area (Å²) in [6, 6.07) is 6.05. The second kappa shape index (κ2) is 10.4. The van der Waals surface area contributed by atoms with Crippen molar-refractivity contribution in [2.75, 3.05) is 11.9 Å². The minimum atomic E-state index is -0.912. The number of anilines is 1. The lowest BCUT2D eigenvalue weighted by Crippen LogP contribution is -2.44. The molecule has 6 nitrogen and oxygen atoms in total. The van der Waals surface area contributed by atoms with Crippen LogP contribution in [0.3, 0.4) is 0 Å². The Hall–Kier alpha value is -1.44. The first kappa shape index (κ1) is 20.6. The summed E-state index contributed by atoms with van der Waals surface area (Å²) in [6.07, 6.45) is -0.107. The highest BCUT2D eigenvalue weighted by molar-refractivity contribution is 9.10. The maximum absolute atomic E-state index is 12.3. The van der Waals surface area contributed by atoms with Crippen LogP contribution >= 0.6 is 15.9 Å². The van der Waals surface area contributed by atoms with E-state index in [0.717, 1.165) is 4.47 Å². The molecule has 0 radical (unpaired) electrons. The van der Waals surface area contributed by atoms with Crippen molar-refractivity contribution in [1.29, 1.82) is 0 Å². The van der Waals surface area contributed by atoms with E-state index in [4.69, 9.17) is 5.11 Å². The van der Waals surface area contributed by atoms with E-state index >= 15 is 0 Å². The molecule has 1 unspecified atom stereocenters. The summed E-state index contributed by atoms with van der Waals surface area (Å²) in [5, 5.41) is 23.6. The van der Waals surface area contributed by atoms with Crippen LogP contribution in [0.4, 0.5) is 10.5 Å². The Labute approximate surface area is 150 Å². The first-order valence-corrected chi connectivity index (χ1v) is 8.75. The highest BCUT2D eigenvalue weighted by Crippen LogP contribution is 2.14. The van der Waals surface area contributed by atoms with Gasteiger partial charge in [-0.2, -0.15) is 0 Å². The monoisotopic (exact) mass is 400 g/mol. The molecular weight excluding hydrogens is 376 g/mol. The van der Waals surface area contributed by atoms with E-state index in [1.54, 1.807) is 12.1 Å². The maximum Gasteiger partial charge on any atom is 0.319 e. The largest absolute Gasteiger partial charge is 0.394 e. The Morgan fingerprint density at radius 1 is 1.21 bits per heavy atom. The number of urea groups is 1. The van der Waals surface area contributed by atoms with Crippen molar-refractivity contribution >= 4 is 33.4 Å². The van der Waals surface area contributed by atoms with E-state index in [1.807, 2.05) is 26.0 Å². The molecule has 0 heterocycles. The summed E-state index contributed by atoms with van der Waals surface area (Å²) < 4.78 is 0.906. The minimum absolute atomic E-state index is 0.109. The highest BCUT2D eigenvalue weighted by Gasteiger charge is 2.22. The first-order valence-electron chi connectivity index (χ1n) is 7.96. The maximum atomic E-state index is 12.3. The van der Waals surface area contributed by atoms with Crippen LogP contribution in [0.25, 0.3) is 0 Å². The molecule has 0 aromatic heterocycles. The summed E-state index contributed by atoms with van der Waals surface area (Å²) in [6.45, 7) is 3.56. The third-order valence-corrected chi connectivity index (χ3v) is 3.97. The zero-order chi connectivity index (χ0) is 18.1. The second-order valence-electron chi connectivity index (χ2n) is 6.13. The highest BCUT2D eigenvalue weighted by atomic mass is 79.9. The van der Waals surface area contributed by atoms with Crippen molar-refractivity contribution in [3.8, 4) is 0 Å². The quantitative estimate of drug-likeness (QED) is 0.511. The number of nitrogens with one attached hydrogen (secondary N) is 2. The minimum Gasteiger partial charge on any atom is -0.394 e. The lowest BCUT2D eigenvalue weighted by molar-refractivity contribution is -0.121. The predicted molar refractivity (Wildman–Crippen MR) is 96.9 cm³/mol. The molecule has 0 spiro atoms. The molecule has 134 valence electrons. The molecule has 0 fully saturated rings. The Kier molecular flexibility index (Phi) is 8.95. The number of ketones is 1. The van der Waals surface area contributed by atoms with Gasteiger partial charge in [0.05, 0.1) is 18.8 Å². The standard InChI is InChI=1S/C17H25BrN2O4/c1-11(2)9-15(16(23)8-7-14(22)10-21)20-17(24)19-13-5-3-12(18)4-6-13/h3-6,11,14-15,21-22H,7-10H2,1-2H3,(H2,19,20,24)/t14?,15-/m0/s1. The molecule has 0 saturated heterocycles. The molecule has 4 N–H and O–H groups in total. The van der Waals surface area contributed by atoms with Crippen LogP contribution in [0.5, 0.6) is 0 Å². The van der Waals surface area contributed by atoms with Gasteiger partial charge in [-0.15, -0.1) is 0 Å². The third-order valence-electron chi connectivity index (χ3n) is 3.44. The molecule has 0 bridgehead atoms. The number of benzene rings is 1. The van der Waals surface area contributed by atoms with Crippen molar-refractivity contribution in [1.82, 2.24) is 5.32 Å². The third kappa shape index (κ3) is 7.90. The van der Waals surface area contributed by atoms with Gasteiger partial charge in [0.25, 0.3) is 0 Å². The number of carbonyl (C=O) groups excluding carboxylic acids is 2. The molecule has 1 rings (SSSR count). The molecule has 7 heteroatoms. The molecule has 2 amide bonds. The number of hydrogen-bond donors (Lipinski definition) is 4. The van der Waals surface area contributed by atoms with Crippen LogP contribution in [-0.2, 0) is 4.79 Å². The molecule has 24 heavy (non-hydrogen) atoms. The van der Waals surface area contributed by atoms with E-state index in [1.165, 1.54) is 0 Å². The number of rotatable bonds is 9. The van der Waals surface area contributed by atoms with Gasteiger partial charge in [0.2, 0.25) is 0 Å². The van der Waals surface area contributed by atoms with Crippen molar-refractivity contribution in [2.45, 2.75) is 45.3 Å². The van der Waals surface area contributed by atoms with E-state index < -0.39 is 18.2 Å². The van der Waals surface area contributed by atoms with Crippen LogP contribution in [0, 0.1) is 5.92 Å². The number of aliphatic hydroxyl groups is 2. The van der Waals surface area contributed by atoms with Gasteiger partial charge >= 0.3 is 6.03 Å². The fraction of sp³-hybridized carbons (Fsp3) is 0.529. The van der Waals surface area contributed by atoms with Gasteiger partial charge in [0, 0.05) is 16.6 Å². The van der Waals surface area contributed by atoms with Crippen molar-refractivity contribution in [3.63, 3.8) is 0 Å². The summed E-state index contributed by atoms with van der Waals surface area (Å²) in [4.78, 5) is 24.4. The first-order chi connectivity index (χ1) is 11.3. The van der Waals surface area contributed by atoms with Crippen LogP contribution in [0.15, 0.2) is 28.7 Å². The Bertz CT molecular complexity index is 534. The van der Waals surface area contributed by atoms with Gasteiger partial charge in [0.1, 0.15) is 0 Å². The summed E-state index contributed by atoms with van der Waals surface area (Å²) in [7, 11) is 0. The predicted octanol–water partition coefficient (Wildman–Crippen LogP) is 2.69. The molecule has 1 aromatic rings. The van der Waals surface area contributed by atoms with Gasteiger partial charge in [-0.05, 0) is 43.0 Å². The van der Waals surface area contributed by atoms with Gasteiger partial charge in [-0.1, -0.05) is 29.8 Å². The molecule has 1 aromatic carbocycles. The van der Waals surface area contributed by atoms with E-state index in [9.17, 15) is 14.7 Å². The molecule has 0 saturated carbocycles. The number of carbonyl (C=O) groups is 2. The summed E-state index contributed by atoms with van der Waals surface area (Å²) in [5.74, 6) is 0.0804. The summed E-state index contributed by atoms with van der Waals surface area (Å²) in [5.41, 5.74) is 0.627. The van der Waals surface area contributed by atoms with E-state index in [2.05, 4.69) is 26.6 Å². The van der Waals surface area contributed by atoms with E-state index in [0.29, 0.717) is 12.1 Å². The van der Waals surface area contributed by atoms with Crippen LogP contribution in [0.1, 0.15) is 33.1 Å². The number of hydrogen-bond acceptors (Lipinski definition) is 4. The van der Waals surface area contributed by atoms with Crippen LogP contribution in [-0.4, -0.2) is 40.8 Å². The Balaban J connectivity index is 2.61. The zero-order valence-electron chi connectivity index (χ0n) is 14.0. The van der Waals surface area contributed by atoms with Crippen molar-refractivity contribution in [2.24, 2.45) is 5.92 Å². The average molecular weight is 401 g/mol. The SMILES string of the molecule is CC(C)C[C@H](NC(=O)Nc1ccc(Br)cc1)C(=O)CCC(O)CO. The molecule has 0 aliphatic carbocycles. The molecule has 2 atom stereocenters. The lowest BCUT2D eigenvalue weighted by atomic mass is 9.97. The normalized spacial score (nSPS) is 13.4. The Morgan fingerprint density at radius 2 is 1.83 bits per heavy atom. The number of aliphatic hydroxyl groups excluding tert-OH is 2. The number of Topliss-reactive ketones (excluding diaryl/α,β-unsaturated/α-hetero) is 1. The van der Waals surface area contributed by atoms with Gasteiger partial charge in [-0.3, -0.25) is 4.79 Å². The zero-order valence-corrected chi connectivity index (χ0v) is 15.5. The van der Waals surface area contributed by atoms with Crippen LogP contribution in [0.2, 0.25) is 0 Å². The van der Waals surface area contributed by atoms with Crippen molar-refractivity contribution in [3.05, 3.63) is 28.7 Å². The topological polar surface area (TPSA) is 98.7 Å². The summed E-state index contributed by atoms with van der Waals surface area (Å²) >= 11 is 3.32. The Morgan fingerprint density at radius 3 is 2.38 bits per heavy atom. The second-order valence-corrected chi connectivity index (χ2v) is 7.04. The average Bonchev–Trinajstić information content (AvgIpc) is 2.53. The van der Waals surface area contributed by atoms with Gasteiger partial charge in [0.15, 0.2) is 5.78 Å². The number of halogens is 1. The molecule has 0 aliphatic heterocycles. The van der Waals surface area contributed by atoms with Crippen LogP contribution < -0.4 is 10.6 Å². The fourth-order valence-electron chi connectivity index (χ4n) is 2.18. The smallest absolute Gasteiger partial charge is 0.319 e.